The number of rotatable bonds is 8. The van der Waals surface area contributed by atoms with Crippen LogP contribution in [-0.2, 0) is 4.79 Å². The number of hydrogen-bond donors (Lipinski definition) is 2. The second-order valence-electron chi connectivity index (χ2n) is 4.26. The maximum Gasteiger partial charge on any atom is 0.220 e. The van der Waals surface area contributed by atoms with Crippen molar-refractivity contribution in [2.45, 2.75) is 26.2 Å². The first kappa shape index (κ1) is 17.7. The van der Waals surface area contributed by atoms with E-state index >= 15 is 0 Å². The molecular weight excluding hydrogens is 264 g/mol. The predicted molar refractivity (Wildman–Crippen MR) is 79.8 cm³/mol. The fourth-order valence-corrected chi connectivity index (χ4v) is 1.48. The van der Waals surface area contributed by atoms with Crippen LogP contribution in [0.1, 0.15) is 24.8 Å². The lowest BCUT2D eigenvalue weighted by Gasteiger charge is -2.07. The second kappa shape index (κ2) is 10.6. The van der Waals surface area contributed by atoms with Crippen molar-refractivity contribution in [2.75, 3.05) is 19.7 Å². The first-order chi connectivity index (χ1) is 8.72. The van der Waals surface area contributed by atoms with Crippen LogP contribution in [0.3, 0.4) is 0 Å². The van der Waals surface area contributed by atoms with Crippen molar-refractivity contribution >= 4 is 18.3 Å². The molecule has 1 rings (SSSR count). The molecular formula is C14H23ClN2O2. The van der Waals surface area contributed by atoms with Gasteiger partial charge in [-0.1, -0.05) is 17.7 Å². The highest BCUT2D eigenvalue weighted by atomic mass is 35.5. The molecule has 1 aromatic rings. The minimum atomic E-state index is 0. The number of aryl methyl sites for hydroxylation is 1. The number of nitrogens with one attached hydrogen (secondary N) is 1. The second-order valence-corrected chi connectivity index (χ2v) is 4.26. The summed E-state index contributed by atoms with van der Waals surface area (Å²) in [5.41, 5.74) is 6.55. The average Bonchev–Trinajstić information content (AvgIpc) is 2.38. The summed E-state index contributed by atoms with van der Waals surface area (Å²) < 4.78 is 5.55. The van der Waals surface area contributed by atoms with Crippen LogP contribution in [0.2, 0.25) is 0 Å². The van der Waals surface area contributed by atoms with Gasteiger partial charge in [0.2, 0.25) is 5.91 Å². The molecule has 0 radical (unpaired) electrons. The number of benzene rings is 1. The van der Waals surface area contributed by atoms with E-state index in [0.29, 0.717) is 26.1 Å². The Labute approximate surface area is 121 Å². The van der Waals surface area contributed by atoms with Gasteiger partial charge in [-0.3, -0.25) is 4.79 Å². The fraction of sp³-hybridized carbons (Fsp3) is 0.500. The maximum absolute atomic E-state index is 11.3. The summed E-state index contributed by atoms with van der Waals surface area (Å²) in [6.07, 6.45) is 2.06. The van der Waals surface area contributed by atoms with Gasteiger partial charge in [0.25, 0.3) is 0 Å². The lowest BCUT2D eigenvalue weighted by atomic mass is 10.2. The minimum absolute atomic E-state index is 0. The van der Waals surface area contributed by atoms with Crippen LogP contribution in [0, 0.1) is 6.92 Å². The monoisotopic (exact) mass is 286 g/mol. The Balaban J connectivity index is 0.00000324. The van der Waals surface area contributed by atoms with E-state index in [-0.39, 0.29) is 18.3 Å². The van der Waals surface area contributed by atoms with E-state index in [2.05, 4.69) is 5.32 Å². The van der Waals surface area contributed by atoms with Gasteiger partial charge in [0, 0.05) is 13.0 Å². The zero-order valence-electron chi connectivity index (χ0n) is 11.4. The van der Waals surface area contributed by atoms with Gasteiger partial charge in [0.15, 0.2) is 0 Å². The van der Waals surface area contributed by atoms with E-state index < -0.39 is 0 Å². The van der Waals surface area contributed by atoms with Crippen LogP contribution in [0.25, 0.3) is 0 Å². The Morgan fingerprint density at radius 2 is 1.95 bits per heavy atom. The number of carbonyl (C=O) groups excluding carboxylic acids is 1. The number of halogens is 1. The molecule has 0 fully saturated rings. The number of nitrogens with two attached hydrogens (primary N) is 1. The van der Waals surface area contributed by atoms with Gasteiger partial charge < -0.3 is 15.8 Å². The minimum Gasteiger partial charge on any atom is -0.494 e. The van der Waals surface area contributed by atoms with Gasteiger partial charge >= 0.3 is 0 Å². The third kappa shape index (κ3) is 8.46. The average molecular weight is 287 g/mol. The lowest BCUT2D eigenvalue weighted by molar-refractivity contribution is -0.121. The first-order valence-corrected chi connectivity index (χ1v) is 6.38. The molecule has 0 spiro atoms. The summed E-state index contributed by atoms with van der Waals surface area (Å²) in [5.74, 6) is 0.936. The summed E-state index contributed by atoms with van der Waals surface area (Å²) in [6, 6.07) is 7.94. The van der Waals surface area contributed by atoms with Crippen molar-refractivity contribution in [1.82, 2.24) is 5.32 Å². The molecule has 0 aliphatic heterocycles. The molecule has 0 aliphatic carbocycles. The van der Waals surface area contributed by atoms with Crippen LogP contribution >= 0.6 is 12.4 Å². The van der Waals surface area contributed by atoms with Crippen molar-refractivity contribution < 1.29 is 9.53 Å². The Morgan fingerprint density at radius 1 is 1.26 bits per heavy atom. The third-order valence-corrected chi connectivity index (χ3v) is 2.54. The SMILES string of the molecule is Cc1ccc(OCCCNC(=O)CCCN)cc1.Cl. The molecule has 108 valence electrons. The van der Waals surface area contributed by atoms with Gasteiger partial charge in [-0.25, -0.2) is 0 Å². The number of ether oxygens (including phenoxy) is 1. The number of hydrogen-bond acceptors (Lipinski definition) is 3. The van der Waals surface area contributed by atoms with Gasteiger partial charge in [-0.2, -0.15) is 0 Å². The largest absolute Gasteiger partial charge is 0.494 e. The molecule has 0 aliphatic rings. The third-order valence-electron chi connectivity index (χ3n) is 2.54. The standard InChI is InChI=1S/C14H22N2O2.ClH/c1-12-5-7-13(8-6-12)18-11-3-10-16-14(17)4-2-9-15;/h5-8H,2-4,9-11,15H2,1H3,(H,16,17);1H. The van der Waals surface area contributed by atoms with E-state index in [1.54, 1.807) is 0 Å². The van der Waals surface area contributed by atoms with Gasteiger partial charge in [0.05, 0.1) is 6.61 Å². The van der Waals surface area contributed by atoms with E-state index in [9.17, 15) is 4.79 Å². The molecule has 19 heavy (non-hydrogen) atoms. The Hall–Kier alpha value is -1.26. The van der Waals surface area contributed by atoms with Crippen LogP contribution in [0.15, 0.2) is 24.3 Å². The summed E-state index contributed by atoms with van der Waals surface area (Å²) in [5, 5.41) is 2.84. The van der Waals surface area contributed by atoms with Crippen molar-refractivity contribution in [3.8, 4) is 5.75 Å². The molecule has 0 unspecified atom stereocenters. The zero-order valence-corrected chi connectivity index (χ0v) is 12.2. The number of amides is 1. The smallest absolute Gasteiger partial charge is 0.220 e. The molecule has 0 bridgehead atoms. The maximum atomic E-state index is 11.3. The Morgan fingerprint density at radius 3 is 2.58 bits per heavy atom. The van der Waals surface area contributed by atoms with E-state index in [1.807, 2.05) is 31.2 Å². The van der Waals surface area contributed by atoms with E-state index in [0.717, 1.165) is 18.6 Å². The normalized spacial score (nSPS) is 9.58. The van der Waals surface area contributed by atoms with Gasteiger partial charge in [-0.05, 0) is 38.4 Å². The summed E-state index contributed by atoms with van der Waals surface area (Å²) >= 11 is 0. The molecule has 5 heteroatoms. The molecule has 0 aromatic heterocycles. The van der Waals surface area contributed by atoms with Crippen molar-refractivity contribution in [1.29, 1.82) is 0 Å². The highest BCUT2D eigenvalue weighted by molar-refractivity contribution is 5.85. The quantitative estimate of drug-likeness (QED) is 0.719. The molecule has 0 saturated carbocycles. The van der Waals surface area contributed by atoms with Crippen LogP contribution in [0.4, 0.5) is 0 Å². The van der Waals surface area contributed by atoms with E-state index in [4.69, 9.17) is 10.5 Å². The van der Waals surface area contributed by atoms with Crippen LogP contribution < -0.4 is 15.8 Å². The van der Waals surface area contributed by atoms with Gasteiger partial charge in [-0.15, -0.1) is 12.4 Å². The lowest BCUT2D eigenvalue weighted by Crippen LogP contribution is -2.25. The highest BCUT2D eigenvalue weighted by Crippen LogP contribution is 2.11. The summed E-state index contributed by atoms with van der Waals surface area (Å²) in [6.45, 7) is 3.86. The highest BCUT2D eigenvalue weighted by Gasteiger charge is 1.99. The molecule has 0 atom stereocenters. The summed E-state index contributed by atoms with van der Waals surface area (Å²) in [7, 11) is 0. The van der Waals surface area contributed by atoms with Crippen LogP contribution in [-0.4, -0.2) is 25.6 Å². The first-order valence-electron chi connectivity index (χ1n) is 6.38. The Bertz CT molecular complexity index is 355. The Kier molecular flexibility index (Phi) is 9.94. The van der Waals surface area contributed by atoms with Crippen molar-refractivity contribution in [2.24, 2.45) is 5.73 Å². The number of carbonyl (C=O) groups is 1. The molecule has 4 nitrogen and oxygen atoms in total. The summed E-state index contributed by atoms with van der Waals surface area (Å²) in [4.78, 5) is 11.3. The van der Waals surface area contributed by atoms with Crippen molar-refractivity contribution in [3.05, 3.63) is 29.8 Å². The zero-order chi connectivity index (χ0) is 13.2. The van der Waals surface area contributed by atoms with E-state index in [1.165, 1.54) is 5.56 Å². The molecule has 0 heterocycles. The van der Waals surface area contributed by atoms with Crippen molar-refractivity contribution in [3.63, 3.8) is 0 Å². The van der Waals surface area contributed by atoms with Gasteiger partial charge in [0.1, 0.15) is 5.75 Å². The topological polar surface area (TPSA) is 64.3 Å². The molecule has 1 amide bonds. The fourth-order valence-electron chi connectivity index (χ4n) is 1.48. The molecule has 3 N–H and O–H groups in total. The molecule has 1 aromatic carbocycles. The predicted octanol–water partition coefficient (Wildman–Crippen LogP) is 2.04. The molecule has 0 saturated heterocycles. The van der Waals surface area contributed by atoms with Crippen LogP contribution in [0.5, 0.6) is 5.75 Å².